The molecule has 3 unspecified atom stereocenters. The highest BCUT2D eigenvalue weighted by Crippen LogP contribution is 2.23. The van der Waals surface area contributed by atoms with Crippen molar-refractivity contribution < 1.29 is 22.7 Å². The Bertz CT molecular complexity index is 551. The Morgan fingerprint density at radius 3 is 2.62 bits per heavy atom. The first-order chi connectivity index (χ1) is 11.1. The maximum Gasteiger partial charge on any atom is 0.391 e. The van der Waals surface area contributed by atoms with E-state index < -0.39 is 18.6 Å². The van der Waals surface area contributed by atoms with Crippen molar-refractivity contribution in [3.05, 3.63) is 12.4 Å². The summed E-state index contributed by atoms with van der Waals surface area (Å²) in [6, 6.07) is -0.765. The van der Waals surface area contributed by atoms with Crippen molar-refractivity contribution in [1.29, 1.82) is 0 Å². The lowest BCUT2D eigenvalue weighted by molar-refractivity contribution is -0.144. The van der Waals surface area contributed by atoms with E-state index in [0.717, 1.165) is 0 Å². The van der Waals surface area contributed by atoms with Gasteiger partial charge in [0.2, 0.25) is 5.91 Å². The van der Waals surface area contributed by atoms with Gasteiger partial charge in [0.1, 0.15) is 6.54 Å². The van der Waals surface area contributed by atoms with Gasteiger partial charge < -0.3 is 15.0 Å². The number of ether oxygens (including phenoxy) is 1. The first-order valence-corrected chi connectivity index (χ1v) is 7.91. The van der Waals surface area contributed by atoms with E-state index in [9.17, 15) is 18.0 Å². The largest absolute Gasteiger partial charge is 0.391 e. The molecule has 0 bridgehead atoms. The lowest BCUT2D eigenvalue weighted by Gasteiger charge is -2.35. The number of carbonyl (C=O) groups excluding carboxylic acids is 1. The van der Waals surface area contributed by atoms with Crippen molar-refractivity contribution >= 4 is 11.6 Å². The zero-order valence-corrected chi connectivity index (χ0v) is 14.0. The topological polar surface area (TPSA) is 59.4 Å². The second-order valence-electron chi connectivity index (χ2n) is 6.35. The van der Waals surface area contributed by atoms with E-state index in [1.54, 1.807) is 4.90 Å². The summed E-state index contributed by atoms with van der Waals surface area (Å²) in [5.41, 5.74) is 0.461. The number of amides is 1. The quantitative estimate of drug-likeness (QED) is 0.887. The van der Waals surface area contributed by atoms with E-state index in [2.05, 4.69) is 10.4 Å². The molecular formula is C15H23F3N4O2. The van der Waals surface area contributed by atoms with Gasteiger partial charge in [-0.15, -0.1) is 0 Å². The minimum absolute atomic E-state index is 0.0178. The van der Waals surface area contributed by atoms with E-state index in [4.69, 9.17) is 4.74 Å². The van der Waals surface area contributed by atoms with Crippen molar-refractivity contribution in [2.45, 2.75) is 58.2 Å². The molecule has 1 fully saturated rings. The maximum atomic E-state index is 12.3. The standard InChI is InChI=1S/C15H23F3N4O2/c1-10(4-15(16,17)18)20-13-5-19-22(8-13)9-14(23)21-6-11(2)24-12(3)7-21/h5,8,10-12,20H,4,6-7,9H2,1-3H3. The van der Waals surface area contributed by atoms with Gasteiger partial charge in [-0.2, -0.15) is 18.3 Å². The molecule has 2 heterocycles. The lowest BCUT2D eigenvalue weighted by Crippen LogP contribution is -2.49. The van der Waals surface area contributed by atoms with Gasteiger partial charge >= 0.3 is 6.18 Å². The number of halogens is 3. The van der Waals surface area contributed by atoms with Crippen LogP contribution in [0.15, 0.2) is 12.4 Å². The van der Waals surface area contributed by atoms with E-state index in [0.29, 0.717) is 18.8 Å². The van der Waals surface area contributed by atoms with Crippen molar-refractivity contribution in [1.82, 2.24) is 14.7 Å². The number of aromatic nitrogens is 2. The van der Waals surface area contributed by atoms with Crippen LogP contribution in [0.25, 0.3) is 0 Å². The minimum atomic E-state index is -4.22. The predicted octanol–water partition coefficient (Wildman–Crippen LogP) is 2.27. The molecule has 1 aromatic heterocycles. The van der Waals surface area contributed by atoms with Gasteiger partial charge in [0.15, 0.2) is 0 Å². The van der Waals surface area contributed by atoms with E-state index in [1.165, 1.54) is 24.0 Å². The number of nitrogens with zero attached hydrogens (tertiary/aromatic N) is 3. The molecule has 0 spiro atoms. The summed E-state index contributed by atoms with van der Waals surface area (Å²) in [6.45, 7) is 6.37. The Labute approximate surface area is 138 Å². The van der Waals surface area contributed by atoms with Crippen LogP contribution in [0, 0.1) is 0 Å². The first-order valence-electron chi connectivity index (χ1n) is 7.91. The molecule has 2 rings (SSSR count). The second-order valence-corrected chi connectivity index (χ2v) is 6.35. The number of nitrogens with one attached hydrogen (secondary N) is 1. The van der Waals surface area contributed by atoms with Crippen LogP contribution in [-0.4, -0.2) is 58.1 Å². The summed E-state index contributed by atoms with van der Waals surface area (Å²) in [5.74, 6) is -0.0880. The summed E-state index contributed by atoms with van der Waals surface area (Å²) in [4.78, 5) is 14.0. The third kappa shape index (κ3) is 5.70. The van der Waals surface area contributed by atoms with E-state index in [-0.39, 0.29) is 24.7 Å². The molecular weight excluding hydrogens is 325 g/mol. The third-order valence-corrected chi connectivity index (χ3v) is 3.65. The number of hydrogen-bond acceptors (Lipinski definition) is 4. The van der Waals surface area contributed by atoms with Crippen molar-refractivity contribution in [3.8, 4) is 0 Å². The fourth-order valence-electron chi connectivity index (χ4n) is 2.83. The maximum absolute atomic E-state index is 12.3. The Morgan fingerprint density at radius 1 is 1.42 bits per heavy atom. The van der Waals surface area contributed by atoms with Crippen LogP contribution >= 0.6 is 0 Å². The zero-order valence-electron chi connectivity index (χ0n) is 14.0. The van der Waals surface area contributed by atoms with Crippen molar-refractivity contribution in [2.75, 3.05) is 18.4 Å². The van der Waals surface area contributed by atoms with Crippen LogP contribution in [0.3, 0.4) is 0 Å². The van der Waals surface area contributed by atoms with Crippen molar-refractivity contribution in [2.24, 2.45) is 0 Å². The van der Waals surface area contributed by atoms with Gasteiger partial charge in [0, 0.05) is 25.3 Å². The molecule has 136 valence electrons. The Hall–Kier alpha value is -1.77. The molecule has 1 aliphatic heterocycles. The normalized spacial score (nSPS) is 23.2. The number of hydrogen-bond donors (Lipinski definition) is 1. The van der Waals surface area contributed by atoms with Gasteiger partial charge in [0.05, 0.1) is 30.5 Å². The molecule has 1 aromatic rings. The third-order valence-electron chi connectivity index (χ3n) is 3.65. The molecule has 1 amide bonds. The number of carbonyl (C=O) groups is 1. The fourth-order valence-corrected chi connectivity index (χ4v) is 2.83. The van der Waals surface area contributed by atoms with Crippen molar-refractivity contribution in [3.63, 3.8) is 0 Å². The molecule has 1 saturated heterocycles. The molecule has 0 aliphatic carbocycles. The zero-order chi connectivity index (χ0) is 17.9. The first kappa shape index (κ1) is 18.6. The van der Waals surface area contributed by atoms with Gasteiger partial charge in [-0.3, -0.25) is 9.48 Å². The van der Waals surface area contributed by atoms with Gasteiger partial charge in [-0.25, -0.2) is 0 Å². The highest BCUT2D eigenvalue weighted by molar-refractivity contribution is 5.76. The summed E-state index contributed by atoms with van der Waals surface area (Å²) in [5, 5.41) is 6.77. The molecule has 3 atom stereocenters. The van der Waals surface area contributed by atoms with Crippen LogP contribution in [0.5, 0.6) is 0 Å². The van der Waals surface area contributed by atoms with E-state index in [1.807, 2.05) is 13.8 Å². The Kier molecular flexibility index (Phi) is 5.74. The monoisotopic (exact) mass is 348 g/mol. The highest BCUT2D eigenvalue weighted by Gasteiger charge is 2.30. The van der Waals surface area contributed by atoms with Crippen LogP contribution in [0.1, 0.15) is 27.2 Å². The smallest absolute Gasteiger partial charge is 0.380 e. The molecule has 0 saturated carbocycles. The number of rotatable bonds is 5. The SMILES string of the molecule is CC(CC(F)(F)F)Nc1cnn(CC(=O)N2CC(C)OC(C)C2)c1. The molecule has 0 aromatic carbocycles. The molecule has 6 nitrogen and oxygen atoms in total. The van der Waals surface area contributed by atoms with Crippen LogP contribution in [0.2, 0.25) is 0 Å². The number of morpholine rings is 1. The number of anilines is 1. The molecule has 24 heavy (non-hydrogen) atoms. The lowest BCUT2D eigenvalue weighted by atomic mass is 10.2. The average Bonchev–Trinajstić information content (AvgIpc) is 2.82. The summed E-state index contributed by atoms with van der Waals surface area (Å²) >= 11 is 0. The molecule has 1 N–H and O–H groups in total. The summed E-state index contributed by atoms with van der Waals surface area (Å²) < 4.78 is 44.0. The predicted molar refractivity (Wildman–Crippen MR) is 82.6 cm³/mol. The highest BCUT2D eigenvalue weighted by atomic mass is 19.4. The van der Waals surface area contributed by atoms with E-state index >= 15 is 0 Å². The number of alkyl halides is 3. The fraction of sp³-hybridized carbons (Fsp3) is 0.733. The minimum Gasteiger partial charge on any atom is -0.380 e. The van der Waals surface area contributed by atoms with Gasteiger partial charge in [-0.1, -0.05) is 0 Å². The average molecular weight is 348 g/mol. The Morgan fingerprint density at radius 2 is 2.04 bits per heavy atom. The molecule has 1 aliphatic rings. The summed E-state index contributed by atoms with van der Waals surface area (Å²) in [7, 11) is 0. The summed E-state index contributed by atoms with van der Waals surface area (Å²) in [6.07, 6.45) is -2.22. The van der Waals surface area contributed by atoms with Crippen LogP contribution < -0.4 is 5.32 Å². The second kappa shape index (κ2) is 7.42. The van der Waals surface area contributed by atoms with Gasteiger partial charge in [-0.05, 0) is 20.8 Å². The van der Waals surface area contributed by atoms with Crippen LogP contribution in [0.4, 0.5) is 18.9 Å². The molecule has 0 radical (unpaired) electrons. The van der Waals surface area contributed by atoms with Crippen LogP contribution in [-0.2, 0) is 16.1 Å². The molecule has 9 heteroatoms. The Balaban J connectivity index is 1.88. The van der Waals surface area contributed by atoms with Gasteiger partial charge in [0.25, 0.3) is 0 Å².